The average molecular weight is 526 g/mol. The third-order valence-electron chi connectivity index (χ3n) is 6.49. The number of aromatic nitrogens is 2. The molecule has 30 heavy (non-hydrogen) atoms. The number of guanidine groups is 1. The highest BCUT2D eigenvalue weighted by Crippen LogP contribution is 2.28. The van der Waals surface area contributed by atoms with E-state index in [1.165, 1.54) is 19.3 Å². The van der Waals surface area contributed by atoms with Crippen molar-refractivity contribution < 1.29 is 4.42 Å². The van der Waals surface area contributed by atoms with Crippen LogP contribution in [0.2, 0.25) is 0 Å². The second kappa shape index (κ2) is 11.2. The van der Waals surface area contributed by atoms with Gasteiger partial charge in [-0.3, -0.25) is 9.89 Å². The molecule has 0 aromatic carbocycles. The molecule has 4 heterocycles. The van der Waals surface area contributed by atoms with Crippen molar-refractivity contribution in [2.75, 3.05) is 39.8 Å². The van der Waals surface area contributed by atoms with Gasteiger partial charge in [-0.15, -0.1) is 24.0 Å². The van der Waals surface area contributed by atoms with Crippen molar-refractivity contribution in [1.29, 1.82) is 0 Å². The van der Waals surface area contributed by atoms with E-state index in [2.05, 4.69) is 48.8 Å². The molecule has 3 atom stereocenters. The van der Waals surface area contributed by atoms with Crippen LogP contribution in [0.15, 0.2) is 46.5 Å². The molecule has 0 radical (unpaired) electrons. The first kappa shape index (κ1) is 23.1. The number of furan rings is 1. The molecule has 0 spiro atoms. The number of nitrogens with zero attached hydrogens (tertiary/aromatic N) is 5. The summed E-state index contributed by atoms with van der Waals surface area (Å²) < 4.78 is 8.03. The first-order chi connectivity index (χ1) is 14.3. The molecule has 2 saturated heterocycles. The standard InChI is InChI=1S/C22H34N6O.HI/c1-18-8-12-27(16-20(18)28-13-9-24-17-28)22(23-2)25-15-19(21-7-6-14-29-21)26-10-4-3-5-11-26;/h6-7,9,13-14,17-20H,3-5,8,10-12,15-16H2,1-2H3,(H,23,25);1H. The summed E-state index contributed by atoms with van der Waals surface area (Å²) in [5.74, 6) is 2.65. The Hall–Kier alpha value is -1.55. The van der Waals surface area contributed by atoms with Crippen LogP contribution in [0.5, 0.6) is 0 Å². The summed E-state index contributed by atoms with van der Waals surface area (Å²) in [4.78, 5) is 13.8. The number of piperidine rings is 2. The SMILES string of the molecule is CN=C(NCC(c1ccco1)N1CCCCC1)N1CCC(C)C(n2ccnc2)C1.I. The van der Waals surface area contributed by atoms with Gasteiger partial charge in [0.25, 0.3) is 0 Å². The Morgan fingerprint density at radius 3 is 2.80 bits per heavy atom. The summed E-state index contributed by atoms with van der Waals surface area (Å²) in [5, 5.41) is 3.65. The van der Waals surface area contributed by atoms with Crippen LogP contribution >= 0.6 is 24.0 Å². The zero-order chi connectivity index (χ0) is 20.1. The van der Waals surface area contributed by atoms with Crippen LogP contribution in [0.4, 0.5) is 0 Å². The van der Waals surface area contributed by atoms with Gasteiger partial charge < -0.3 is 19.2 Å². The Labute approximate surface area is 196 Å². The normalized spacial score (nSPS) is 24.3. The summed E-state index contributed by atoms with van der Waals surface area (Å²) in [6, 6.07) is 4.76. The first-order valence-corrected chi connectivity index (χ1v) is 11.0. The fraction of sp³-hybridized carbons (Fsp3) is 0.636. The van der Waals surface area contributed by atoms with Crippen molar-refractivity contribution in [3.63, 3.8) is 0 Å². The third-order valence-corrected chi connectivity index (χ3v) is 6.49. The highest BCUT2D eigenvalue weighted by Gasteiger charge is 2.30. The largest absolute Gasteiger partial charge is 0.468 e. The topological polar surface area (TPSA) is 61.8 Å². The van der Waals surface area contributed by atoms with Gasteiger partial charge in [-0.25, -0.2) is 4.98 Å². The maximum absolute atomic E-state index is 5.79. The van der Waals surface area contributed by atoms with Crippen LogP contribution < -0.4 is 5.32 Å². The Bertz CT molecular complexity index is 757. The minimum atomic E-state index is 0. The monoisotopic (exact) mass is 526 g/mol. The molecule has 166 valence electrons. The number of hydrogen-bond acceptors (Lipinski definition) is 4. The van der Waals surface area contributed by atoms with Crippen LogP contribution in [-0.2, 0) is 0 Å². The van der Waals surface area contributed by atoms with Crippen molar-refractivity contribution in [2.24, 2.45) is 10.9 Å². The van der Waals surface area contributed by atoms with Gasteiger partial charge in [-0.1, -0.05) is 13.3 Å². The number of nitrogens with one attached hydrogen (secondary N) is 1. The second-order valence-electron chi connectivity index (χ2n) is 8.35. The van der Waals surface area contributed by atoms with E-state index in [1.807, 2.05) is 25.6 Å². The lowest BCUT2D eigenvalue weighted by molar-refractivity contribution is 0.144. The quantitative estimate of drug-likeness (QED) is 0.365. The maximum atomic E-state index is 5.79. The zero-order valence-electron chi connectivity index (χ0n) is 18.1. The Morgan fingerprint density at radius 1 is 1.30 bits per heavy atom. The van der Waals surface area contributed by atoms with Gasteiger partial charge in [0.15, 0.2) is 5.96 Å². The molecule has 0 saturated carbocycles. The molecule has 7 nitrogen and oxygen atoms in total. The van der Waals surface area contributed by atoms with E-state index in [-0.39, 0.29) is 30.0 Å². The molecule has 0 bridgehead atoms. The van der Waals surface area contributed by atoms with E-state index in [1.54, 1.807) is 6.26 Å². The van der Waals surface area contributed by atoms with E-state index in [9.17, 15) is 0 Å². The molecule has 4 rings (SSSR count). The number of likely N-dealkylation sites (tertiary alicyclic amines) is 2. The summed E-state index contributed by atoms with van der Waals surface area (Å²) in [5.41, 5.74) is 0. The van der Waals surface area contributed by atoms with Crippen molar-refractivity contribution in [1.82, 2.24) is 24.7 Å². The molecular formula is C22H35IN6O. The average Bonchev–Trinajstić information content (AvgIpc) is 3.47. The third kappa shape index (κ3) is 5.38. The summed E-state index contributed by atoms with van der Waals surface area (Å²) >= 11 is 0. The van der Waals surface area contributed by atoms with Crippen molar-refractivity contribution >= 4 is 29.9 Å². The summed E-state index contributed by atoms with van der Waals surface area (Å²) in [6.07, 6.45) is 12.7. The van der Waals surface area contributed by atoms with Gasteiger partial charge in [-0.05, 0) is 50.4 Å². The molecule has 1 N–H and O–H groups in total. The Morgan fingerprint density at radius 2 is 2.13 bits per heavy atom. The van der Waals surface area contributed by atoms with Gasteiger partial charge in [0.1, 0.15) is 5.76 Å². The van der Waals surface area contributed by atoms with E-state index in [0.717, 1.165) is 50.9 Å². The molecule has 2 aromatic rings. The van der Waals surface area contributed by atoms with E-state index in [4.69, 9.17) is 4.42 Å². The van der Waals surface area contributed by atoms with Gasteiger partial charge in [0.05, 0.1) is 24.7 Å². The molecule has 2 aliphatic heterocycles. The van der Waals surface area contributed by atoms with Gasteiger partial charge in [0.2, 0.25) is 0 Å². The summed E-state index contributed by atoms with van der Waals surface area (Å²) in [6.45, 7) is 7.39. The molecule has 2 aromatic heterocycles. The van der Waals surface area contributed by atoms with Crippen molar-refractivity contribution in [3.05, 3.63) is 42.9 Å². The number of halogens is 1. The van der Waals surface area contributed by atoms with Gasteiger partial charge in [-0.2, -0.15) is 0 Å². The second-order valence-corrected chi connectivity index (χ2v) is 8.35. The lowest BCUT2D eigenvalue weighted by Crippen LogP contribution is -2.50. The highest BCUT2D eigenvalue weighted by atomic mass is 127. The molecule has 2 fully saturated rings. The van der Waals surface area contributed by atoms with Crippen molar-refractivity contribution in [3.8, 4) is 0 Å². The van der Waals surface area contributed by atoms with Crippen LogP contribution in [0.1, 0.15) is 50.5 Å². The number of aliphatic imine (C=N–C) groups is 1. The minimum Gasteiger partial charge on any atom is -0.468 e. The lowest BCUT2D eigenvalue weighted by Gasteiger charge is -2.40. The zero-order valence-corrected chi connectivity index (χ0v) is 20.4. The van der Waals surface area contributed by atoms with E-state index >= 15 is 0 Å². The molecule has 2 aliphatic rings. The van der Waals surface area contributed by atoms with E-state index < -0.39 is 0 Å². The molecular weight excluding hydrogens is 491 g/mol. The minimum absolute atomic E-state index is 0. The lowest BCUT2D eigenvalue weighted by atomic mass is 9.93. The first-order valence-electron chi connectivity index (χ1n) is 11.0. The smallest absolute Gasteiger partial charge is 0.193 e. The van der Waals surface area contributed by atoms with Crippen LogP contribution in [0.3, 0.4) is 0 Å². The summed E-state index contributed by atoms with van der Waals surface area (Å²) in [7, 11) is 1.88. The van der Waals surface area contributed by atoms with Gasteiger partial charge in [0, 0.05) is 39.1 Å². The Kier molecular flexibility index (Phi) is 8.61. The van der Waals surface area contributed by atoms with Crippen molar-refractivity contribution in [2.45, 2.75) is 44.7 Å². The molecule has 0 amide bonds. The molecule has 3 unspecified atom stereocenters. The number of rotatable bonds is 5. The van der Waals surface area contributed by atoms with E-state index in [0.29, 0.717) is 12.0 Å². The fourth-order valence-electron chi connectivity index (χ4n) is 4.74. The predicted octanol–water partition coefficient (Wildman–Crippen LogP) is 3.78. The van der Waals surface area contributed by atoms with Crippen LogP contribution in [0, 0.1) is 5.92 Å². The number of hydrogen-bond donors (Lipinski definition) is 1. The maximum Gasteiger partial charge on any atom is 0.193 e. The predicted molar refractivity (Wildman–Crippen MR) is 130 cm³/mol. The highest BCUT2D eigenvalue weighted by molar-refractivity contribution is 14.0. The Balaban J connectivity index is 0.00000256. The molecule has 0 aliphatic carbocycles. The molecule has 8 heteroatoms. The fourth-order valence-corrected chi connectivity index (χ4v) is 4.74. The van der Waals surface area contributed by atoms with Gasteiger partial charge >= 0.3 is 0 Å². The van der Waals surface area contributed by atoms with Crippen LogP contribution in [0.25, 0.3) is 0 Å². The number of imidazole rings is 1. The van der Waals surface area contributed by atoms with Crippen LogP contribution in [-0.4, -0.2) is 65.1 Å².